The van der Waals surface area contributed by atoms with Crippen molar-refractivity contribution < 1.29 is 18.9 Å². The fourth-order valence-electron chi connectivity index (χ4n) is 2.86. The Bertz CT molecular complexity index is 796. The van der Waals surface area contributed by atoms with Crippen molar-refractivity contribution in [3.8, 4) is 11.5 Å². The molecule has 0 saturated heterocycles. The van der Waals surface area contributed by atoms with Crippen molar-refractivity contribution in [1.82, 2.24) is 10.6 Å². The van der Waals surface area contributed by atoms with E-state index in [1.54, 1.807) is 21.3 Å². The summed E-state index contributed by atoms with van der Waals surface area (Å²) in [4.78, 5) is 4.30. The summed E-state index contributed by atoms with van der Waals surface area (Å²) >= 11 is 0. The highest BCUT2D eigenvalue weighted by atomic mass is 16.5. The zero-order valence-corrected chi connectivity index (χ0v) is 18.4. The summed E-state index contributed by atoms with van der Waals surface area (Å²) in [6, 6.07) is 14.1. The average molecular weight is 416 g/mol. The molecule has 0 amide bonds. The van der Waals surface area contributed by atoms with Gasteiger partial charge in [0.2, 0.25) is 0 Å². The first-order valence-electron chi connectivity index (χ1n) is 10.1. The maximum absolute atomic E-state index is 5.65. The summed E-state index contributed by atoms with van der Waals surface area (Å²) < 4.78 is 21.6. The van der Waals surface area contributed by atoms with Gasteiger partial charge in [-0.25, -0.2) is 0 Å². The number of hydrogen-bond donors (Lipinski definition) is 2. The molecular formula is C23H33N3O4. The minimum atomic E-state index is 0.575. The molecule has 2 aromatic carbocycles. The van der Waals surface area contributed by atoms with Crippen LogP contribution in [0.1, 0.15) is 23.6 Å². The van der Waals surface area contributed by atoms with E-state index in [0.717, 1.165) is 28.2 Å². The van der Waals surface area contributed by atoms with Crippen LogP contribution in [0.4, 0.5) is 0 Å². The molecule has 0 aliphatic rings. The molecule has 0 fully saturated rings. The molecule has 0 radical (unpaired) electrons. The van der Waals surface area contributed by atoms with Crippen LogP contribution in [0.3, 0.4) is 0 Å². The monoisotopic (exact) mass is 415 g/mol. The molecule has 0 unspecified atom stereocenters. The second-order valence-corrected chi connectivity index (χ2v) is 6.53. The van der Waals surface area contributed by atoms with Crippen LogP contribution >= 0.6 is 0 Å². The average Bonchev–Trinajstić information content (AvgIpc) is 2.79. The van der Waals surface area contributed by atoms with E-state index in [1.165, 1.54) is 0 Å². The maximum Gasteiger partial charge on any atom is 0.191 e. The molecule has 0 heterocycles. The Morgan fingerprint density at radius 3 is 2.40 bits per heavy atom. The van der Waals surface area contributed by atoms with Crippen molar-refractivity contribution in [2.45, 2.75) is 26.6 Å². The van der Waals surface area contributed by atoms with Crippen LogP contribution in [0.25, 0.3) is 0 Å². The fraction of sp³-hybridized carbons (Fsp3) is 0.435. The van der Waals surface area contributed by atoms with Gasteiger partial charge in [-0.15, -0.1) is 0 Å². The third kappa shape index (κ3) is 7.93. The standard InChI is InChI=1S/C23H33N3O4/c1-5-29-11-12-30-17-19-8-6-7-18(13-19)15-25-23(24-2)26-16-20-9-10-21(27-3)14-22(20)28-4/h6-10,13-14H,5,11-12,15-17H2,1-4H3,(H2,24,25,26). The van der Waals surface area contributed by atoms with E-state index in [2.05, 4.69) is 33.8 Å². The zero-order valence-electron chi connectivity index (χ0n) is 18.4. The molecule has 0 spiro atoms. The van der Waals surface area contributed by atoms with Gasteiger partial charge < -0.3 is 29.6 Å². The number of hydrogen-bond acceptors (Lipinski definition) is 5. The summed E-state index contributed by atoms with van der Waals surface area (Å²) in [5.41, 5.74) is 3.31. The predicted octanol–water partition coefficient (Wildman–Crippen LogP) is 3.12. The Labute approximate surface area is 179 Å². The van der Waals surface area contributed by atoms with E-state index in [0.29, 0.717) is 45.5 Å². The van der Waals surface area contributed by atoms with Crippen LogP contribution in [0, 0.1) is 0 Å². The normalized spacial score (nSPS) is 11.3. The number of guanidine groups is 1. The van der Waals surface area contributed by atoms with Crippen molar-refractivity contribution in [1.29, 1.82) is 0 Å². The van der Waals surface area contributed by atoms with Gasteiger partial charge in [0, 0.05) is 38.4 Å². The number of rotatable bonds is 12. The predicted molar refractivity (Wildman–Crippen MR) is 119 cm³/mol. The lowest BCUT2D eigenvalue weighted by molar-refractivity contribution is 0.0453. The van der Waals surface area contributed by atoms with Crippen LogP contribution in [-0.2, 0) is 29.2 Å². The van der Waals surface area contributed by atoms with Gasteiger partial charge in [0.1, 0.15) is 11.5 Å². The molecule has 30 heavy (non-hydrogen) atoms. The molecule has 7 nitrogen and oxygen atoms in total. The lowest BCUT2D eigenvalue weighted by Gasteiger charge is -2.15. The van der Waals surface area contributed by atoms with Crippen LogP contribution in [0.15, 0.2) is 47.5 Å². The van der Waals surface area contributed by atoms with Gasteiger partial charge in [0.05, 0.1) is 34.0 Å². The first-order valence-corrected chi connectivity index (χ1v) is 10.1. The van der Waals surface area contributed by atoms with Crippen molar-refractivity contribution >= 4 is 5.96 Å². The lowest BCUT2D eigenvalue weighted by atomic mass is 10.1. The minimum Gasteiger partial charge on any atom is -0.497 e. The largest absolute Gasteiger partial charge is 0.497 e. The quantitative estimate of drug-likeness (QED) is 0.315. The van der Waals surface area contributed by atoms with Gasteiger partial charge in [-0.1, -0.05) is 24.3 Å². The summed E-state index contributed by atoms with van der Waals surface area (Å²) in [7, 11) is 5.04. The number of nitrogens with zero attached hydrogens (tertiary/aromatic N) is 1. The molecular weight excluding hydrogens is 382 g/mol. The van der Waals surface area contributed by atoms with Crippen LogP contribution in [0.5, 0.6) is 11.5 Å². The first-order chi connectivity index (χ1) is 14.7. The van der Waals surface area contributed by atoms with Crippen molar-refractivity contribution in [2.75, 3.05) is 41.1 Å². The topological polar surface area (TPSA) is 73.3 Å². The molecule has 2 rings (SSSR count). The van der Waals surface area contributed by atoms with Gasteiger partial charge in [0.15, 0.2) is 5.96 Å². The van der Waals surface area contributed by atoms with Gasteiger partial charge in [-0.05, 0) is 30.2 Å². The van der Waals surface area contributed by atoms with Crippen molar-refractivity contribution in [3.05, 3.63) is 59.2 Å². The third-order valence-electron chi connectivity index (χ3n) is 4.46. The Hall–Kier alpha value is -2.77. The number of nitrogens with one attached hydrogen (secondary N) is 2. The van der Waals surface area contributed by atoms with Crippen LogP contribution in [0.2, 0.25) is 0 Å². The number of ether oxygens (including phenoxy) is 4. The number of benzene rings is 2. The second-order valence-electron chi connectivity index (χ2n) is 6.53. The van der Waals surface area contributed by atoms with Gasteiger partial charge >= 0.3 is 0 Å². The summed E-state index contributed by atoms with van der Waals surface area (Å²) in [6.45, 7) is 5.73. The highest BCUT2D eigenvalue weighted by Crippen LogP contribution is 2.24. The van der Waals surface area contributed by atoms with E-state index in [4.69, 9.17) is 18.9 Å². The van der Waals surface area contributed by atoms with Crippen LogP contribution < -0.4 is 20.1 Å². The fourth-order valence-corrected chi connectivity index (χ4v) is 2.86. The van der Waals surface area contributed by atoms with Crippen molar-refractivity contribution in [2.24, 2.45) is 4.99 Å². The SMILES string of the molecule is CCOCCOCc1cccc(CNC(=NC)NCc2ccc(OC)cc2OC)c1. The van der Waals surface area contributed by atoms with E-state index < -0.39 is 0 Å². The van der Waals surface area contributed by atoms with Gasteiger partial charge in [0.25, 0.3) is 0 Å². The lowest BCUT2D eigenvalue weighted by Crippen LogP contribution is -2.36. The van der Waals surface area contributed by atoms with E-state index in [-0.39, 0.29) is 0 Å². The van der Waals surface area contributed by atoms with Crippen molar-refractivity contribution in [3.63, 3.8) is 0 Å². The Morgan fingerprint density at radius 1 is 0.900 bits per heavy atom. The summed E-state index contributed by atoms with van der Waals surface area (Å²) in [6.07, 6.45) is 0. The molecule has 0 saturated carbocycles. The molecule has 0 atom stereocenters. The zero-order chi connectivity index (χ0) is 21.6. The Morgan fingerprint density at radius 2 is 1.67 bits per heavy atom. The molecule has 2 N–H and O–H groups in total. The maximum atomic E-state index is 5.65. The number of methoxy groups -OCH3 is 2. The molecule has 0 bridgehead atoms. The van der Waals surface area contributed by atoms with E-state index >= 15 is 0 Å². The third-order valence-corrected chi connectivity index (χ3v) is 4.46. The van der Waals surface area contributed by atoms with Crippen LogP contribution in [-0.4, -0.2) is 47.0 Å². The molecule has 0 aromatic heterocycles. The second kappa shape index (κ2) is 13.5. The molecule has 7 heteroatoms. The van der Waals surface area contributed by atoms with Gasteiger partial charge in [-0.3, -0.25) is 4.99 Å². The Balaban J connectivity index is 1.83. The number of aliphatic imine (C=N–C) groups is 1. The first kappa shape index (κ1) is 23.5. The minimum absolute atomic E-state index is 0.575. The summed E-state index contributed by atoms with van der Waals surface area (Å²) in [5.74, 6) is 2.25. The smallest absolute Gasteiger partial charge is 0.191 e. The van der Waals surface area contributed by atoms with E-state index in [9.17, 15) is 0 Å². The Kier molecular flexibility index (Phi) is 10.5. The molecule has 0 aliphatic carbocycles. The summed E-state index contributed by atoms with van der Waals surface area (Å²) in [5, 5.41) is 6.66. The highest BCUT2D eigenvalue weighted by molar-refractivity contribution is 5.79. The molecule has 0 aliphatic heterocycles. The highest BCUT2D eigenvalue weighted by Gasteiger charge is 2.06. The van der Waals surface area contributed by atoms with Gasteiger partial charge in [-0.2, -0.15) is 0 Å². The van der Waals surface area contributed by atoms with E-state index in [1.807, 2.05) is 31.2 Å². The molecule has 164 valence electrons. The molecule has 2 aromatic rings.